The first-order chi connectivity index (χ1) is 8.22. The van der Waals surface area contributed by atoms with E-state index in [0.29, 0.717) is 0 Å². The van der Waals surface area contributed by atoms with E-state index in [1.54, 1.807) is 0 Å². The van der Waals surface area contributed by atoms with Gasteiger partial charge < -0.3 is 4.74 Å². The standard InChI is InChI=1S/C14H17BrO2/c1-12(16)17-14(10-11-15)9-5-8-13-6-3-2-4-7-13/h2-8,14H,9-11H2,1H3. The van der Waals surface area contributed by atoms with Crippen LogP contribution in [0.5, 0.6) is 0 Å². The Kier molecular flexibility index (Phi) is 6.63. The van der Waals surface area contributed by atoms with Crippen molar-refractivity contribution in [2.75, 3.05) is 5.33 Å². The quantitative estimate of drug-likeness (QED) is 0.589. The van der Waals surface area contributed by atoms with Gasteiger partial charge in [0.25, 0.3) is 0 Å². The molecule has 0 amide bonds. The van der Waals surface area contributed by atoms with Gasteiger partial charge in [-0.15, -0.1) is 0 Å². The lowest BCUT2D eigenvalue weighted by atomic mass is 10.1. The van der Waals surface area contributed by atoms with Gasteiger partial charge in [-0.2, -0.15) is 0 Å². The van der Waals surface area contributed by atoms with Crippen LogP contribution >= 0.6 is 15.9 Å². The normalized spacial score (nSPS) is 12.6. The molecule has 0 fully saturated rings. The summed E-state index contributed by atoms with van der Waals surface area (Å²) in [7, 11) is 0. The van der Waals surface area contributed by atoms with Gasteiger partial charge in [0.05, 0.1) is 0 Å². The fourth-order valence-corrected chi connectivity index (χ4v) is 2.01. The summed E-state index contributed by atoms with van der Waals surface area (Å²) in [5.74, 6) is -0.218. The third-order valence-electron chi connectivity index (χ3n) is 2.27. The number of ether oxygens (including phenoxy) is 1. The summed E-state index contributed by atoms with van der Waals surface area (Å²) in [5, 5.41) is 0.837. The summed E-state index contributed by atoms with van der Waals surface area (Å²) in [6.07, 6.45) is 5.64. The third kappa shape index (κ3) is 6.27. The Hall–Kier alpha value is -1.09. The fourth-order valence-electron chi connectivity index (χ4n) is 1.50. The van der Waals surface area contributed by atoms with Gasteiger partial charge in [-0.05, 0) is 12.0 Å². The number of carbonyl (C=O) groups is 1. The first kappa shape index (κ1) is 14.0. The first-order valence-corrected chi connectivity index (χ1v) is 6.79. The molecular weight excluding hydrogens is 280 g/mol. The molecule has 0 radical (unpaired) electrons. The lowest BCUT2D eigenvalue weighted by Crippen LogP contribution is -2.15. The van der Waals surface area contributed by atoms with E-state index in [-0.39, 0.29) is 12.1 Å². The van der Waals surface area contributed by atoms with Crippen LogP contribution in [0.3, 0.4) is 0 Å². The van der Waals surface area contributed by atoms with Crippen LogP contribution in [0, 0.1) is 0 Å². The molecule has 0 aromatic heterocycles. The molecule has 0 saturated carbocycles. The van der Waals surface area contributed by atoms with E-state index in [1.165, 1.54) is 6.92 Å². The van der Waals surface area contributed by atoms with Crippen molar-refractivity contribution in [2.45, 2.75) is 25.9 Å². The SMILES string of the molecule is CC(=O)OC(CC=Cc1ccccc1)CCBr. The number of hydrogen-bond donors (Lipinski definition) is 0. The molecule has 17 heavy (non-hydrogen) atoms. The Labute approximate surface area is 111 Å². The number of esters is 1. The van der Waals surface area contributed by atoms with Crippen molar-refractivity contribution in [3.8, 4) is 0 Å². The summed E-state index contributed by atoms with van der Waals surface area (Å²) < 4.78 is 5.21. The fraction of sp³-hybridized carbons (Fsp3) is 0.357. The molecule has 0 spiro atoms. The molecule has 0 aliphatic rings. The Morgan fingerprint density at radius 3 is 2.71 bits per heavy atom. The van der Waals surface area contributed by atoms with Crippen molar-refractivity contribution >= 4 is 28.0 Å². The molecular formula is C14H17BrO2. The summed E-state index contributed by atoms with van der Waals surface area (Å²) in [4.78, 5) is 10.9. The van der Waals surface area contributed by atoms with Crippen LogP contribution in [-0.2, 0) is 9.53 Å². The zero-order valence-electron chi connectivity index (χ0n) is 9.93. The lowest BCUT2D eigenvalue weighted by molar-refractivity contribution is -0.146. The van der Waals surface area contributed by atoms with Gasteiger partial charge in [0.1, 0.15) is 6.10 Å². The van der Waals surface area contributed by atoms with E-state index in [1.807, 2.05) is 42.5 Å². The number of carbonyl (C=O) groups excluding carboxylic acids is 1. The first-order valence-electron chi connectivity index (χ1n) is 5.67. The predicted molar refractivity (Wildman–Crippen MR) is 74.1 cm³/mol. The maximum Gasteiger partial charge on any atom is 0.302 e. The van der Waals surface area contributed by atoms with Crippen molar-refractivity contribution < 1.29 is 9.53 Å². The van der Waals surface area contributed by atoms with Crippen LogP contribution in [0.2, 0.25) is 0 Å². The Morgan fingerprint density at radius 2 is 2.12 bits per heavy atom. The predicted octanol–water partition coefficient (Wildman–Crippen LogP) is 3.81. The minimum atomic E-state index is -0.218. The highest BCUT2D eigenvalue weighted by molar-refractivity contribution is 9.09. The molecule has 0 saturated heterocycles. The van der Waals surface area contributed by atoms with E-state index in [0.717, 1.165) is 23.7 Å². The van der Waals surface area contributed by atoms with Gasteiger partial charge in [-0.1, -0.05) is 58.4 Å². The van der Waals surface area contributed by atoms with Crippen LogP contribution < -0.4 is 0 Å². The third-order valence-corrected chi connectivity index (χ3v) is 2.73. The highest BCUT2D eigenvalue weighted by atomic mass is 79.9. The Morgan fingerprint density at radius 1 is 1.41 bits per heavy atom. The molecule has 0 N–H and O–H groups in total. The molecule has 0 aliphatic carbocycles. The van der Waals surface area contributed by atoms with Gasteiger partial charge in [-0.3, -0.25) is 4.79 Å². The Balaban J connectivity index is 2.45. The second kappa shape index (κ2) is 8.07. The van der Waals surface area contributed by atoms with Crippen molar-refractivity contribution in [1.82, 2.24) is 0 Å². The molecule has 1 unspecified atom stereocenters. The number of rotatable bonds is 6. The van der Waals surface area contributed by atoms with E-state index >= 15 is 0 Å². The van der Waals surface area contributed by atoms with E-state index < -0.39 is 0 Å². The zero-order chi connectivity index (χ0) is 12.5. The second-order valence-corrected chi connectivity index (χ2v) is 4.55. The maximum atomic E-state index is 10.9. The van der Waals surface area contributed by atoms with Crippen LogP contribution in [-0.4, -0.2) is 17.4 Å². The molecule has 3 heteroatoms. The van der Waals surface area contributed by atoms with E-state index in [2.05, 4.69) is 15.9 Å². The molecule has 0 aliphatic heterocycles. The van der Waals surface area contributed by atoms with Crippen molar-refractivity contribution in [2.24, 2.45) is 0 Å². The molecule has 0 heterocycles. The summed E-state index contributed by atoms with van der Waals surface area (Å²) >= 11 is 3.36. The highest BCUT2D eigenvalue weighted by Crippen LogP contribution is 2.10. The van der Waals surface area contributed by atoms with E-state index in [9.17, 15) is 4.79 Å². The van der Waals surface area contributed by atoms with Crippen molar-refractivity contribution in [1.29, 1.82) is 0 Å². The summed E-state index contributed by atoms with van der Waals surface area (Å²) in [6.45, 7) is 1.45. The molecule has 1 aromatic carbocycles. The second-order valence-electron chi connectivity index (χ2n) is 3.76. The van der Waals surface area contributed by atoms with Gasteiger partial charge in [0.15, 0.2) is 0 Å². The Bertz CT molecular complexity index is 360. The molecule has 1 rings (SSSR count). The van der Waals surface area contributed by atoms with Crippen molar-refractivity contribution in [3.05, 3.63) is 42.0 Å². The summed E-state index contributed by atoms with van der Waals surface area (Å²) in [5.41, 5.74) is 1.16. The number of benzene rings is 1. The molecule has 1 atom stereocenters. The van der Waals surface area contributed by atoms with E-state index in [4.69, 9.17) is 4.74 Å². The average molecular weight is 297 g/mol. The minimum Gasteiger partial charge on any atom is -0.462 e. The molecule has 92 valence electrons. The molecule has 0 bridgehead atoms. The van der Waals surface area contributed by atoms with Crippen LogP contribution in [0.4, 0.5) is 0 Å². The highest BCUT2D eigenvalue weighted by Gasteiger charge is 2.08. The van der Waals surface area contributed by atoms with Crippen LogP contribution in [0.25, 0.3) is 6.08 Å². The van der Waals surface area contributed by atoms with Gasteiger partial charge in [0.2, 0.25) is 0 Å². The molecule has 1 aromatic rings. The minimum absolute atomic E-state index is 0.0353. The topological polar surface area (TPSA) is 26.3 Å². The largest absolute Gasteiger partial charge is 0.462 e. The number of hydrogen-bond acceptors (Lipinski definition) is 2. The van der Waals surface area contributed by atoms with Gasteiger partial charge in [-0.25, -0.2) is 0 Å². The summed E-state index contributed by atoms with van der Waals surface area (Å²) in [6, 6.07) is 10.1. The molecule has 2 nitrogen and oxygen atoms in total. The maximum absolute atomic E-state index is 10.9. The smallest absolute Gasteiger partial charge is 0.302 e. The number of halogens is 1. The average Bonchev–Trinajstić information content (AvgIpc) is 2.30. The lowest BCUT2D eigenvalue weighted by Gasteiger charge is -2.13. The van der Waals surface area contributed by atoms with Crippen LogP contribution in [0.15, 0.2) is 36.4 Å². The van der Waals surface area contributed by atoms with Crippen LogP contribution in [0.1, 0.15) is 25.3 Å². The monoisotopic (exact) mass is 296 g/mol. The van der Waals surface area contributed by atoms with Gasteiger partial charge in [0, 0.05) is 18.7 Å². The van der Waals surface area contributed by atoms with Gasteiger partial charge >= 0.3 is 5.97 Å². The number of alkyl halides is 1. The zero-order valence-corrected chi connectivity index (χ0v) is 11.5. The van der Waals surface area contributed by atoms with Crippen molar-refractivity contribution in [3.63, 3.8) is 0 Å².